The van der Waals surface area contributed by atoms with Crippen molar-refractivity contribution in [3.8, 4) is 6.07 Å². The largest absolute Gasteiger partial charge is 0.456 e. The van der Waals surface area contributed by atoms with Crippen molar-refractivity contribution in [3.05, 3.63) is 80.7 Å². The Morgan fingerprint density at radius 1 is 1.17 bits per heavy atom. The predicted octanol–water partition coefficient (Wildman–Crippen LogP) is 4.46. The standard InChI is InChI=1S/C21H15NO2/c1-13-4-2-3-5-15(13)11-16-7-8-17-20(23)18-10-14(12-22)6-9-19(18)24-21(16)17/h2-6,9-11H,7-8H2,1H3/b16-11+. The number of nitrogens with zero attached hydrogens (tertiary/aromatic N) is 1. The Labute approximate surface area is 139 Å². The van der Waals surface area contributed by atoms with Crippen molar-refractivity contribution in [3.63, 3.8) is 0 Å². The molecular weight excluding hydrogens is 298 g/mol. The van der Waals surface area contributed by atoms with Crippen LogP contribution in [-0.4, -0.2) is 0 Å². The van der Waals surface area contributed by atoms with E-state index in [0.29, 0.717) is 28.7 Å². The number of rotatable bonds is 1. The lowest BCUT2D eigenvalue weighted by molar-refractivity contribution is 0.585. The number of hydrogen-bond acceptors (Lipinski definition) is 3. The van der Waals surface area contributed by atoms with Gasteiger partial charge >= 0.3 is 0 Å². The molecule has 1 aromatic heterocycles. The zero-order valence-electron chi connectivity index (χ0n) is 13.3. The molecule has 0 bridgehead atoms. The van der Waals surface area contributed by atoms with E-state index in [9.17, 15) is 4.79 Å². The number of nitriles is 1. The average molecular weight is 313 g/mol. The van der Waals surface area contributed by atoms with Gasteiger partial charge in [0.1, 0.15) is 11.3 Å². The highest BCUT2D eigenvalue weighted by atomic mass is 16.3. The van der Waals surface area contributed by atoms with E-state index in [2.05, 4.69) is 31.2 Å². The van der Waals surface area contributed by atoms with E-state index in [4.69, 9.17) is 9.68 Å². The summed E-state index contributed by atoms with van der Waals surface area (Å²) in [5, 5.41) is 9.51. The fourth-order valence-electron chi connectivity index (χ4n) is 3.24. The van der Waals surface area contributed by atoms with Gasteiger partial charge in [-0.3, -0.25) is 4.79 Å². The molecule has 4 rings (SSSR count). The number of allylic oxidation sites excluding steroid dienone is 1. The molecule has 0 saturated heterocycles. The van der Waals surface area contributed by atoms with E-state index in [1.807, 2.05) is 12.1 Å². The molecular formula is C21H15NO2. The van der Waals surface area contributed by atoms with E-state index in [1.165, 1.54) is 5.56 Å². The first-order chi connectivity index (χ1) is 11.7. The first-order valence-electron chi connectivity index (χ1n) is 7.94. The second-order valence-electron chi connectivity index (χ2n) is 6.09. The van der Waals surface area contributed by atoms with Gasteiger partial charge in [0, 0.05) is 5.56 Å². The van der Waals surface area contributed by atoms with Crippen molar-refractivity contribution >= 4 is 22.6 Å². The van der Waals surface area contributed by atoms with Crippen LogP contribution in [0.2, 0.25) is 0 Å². The van der Waals surface area contributed by atoms with E-state index in [0.717, 1.165) is 23.1 Å². The first-order valence-corrected chi connectivity index (χ1v) is 7.94. The summed E-state index contributed by atoms with van der Waals surface area (Å²) >= 11 is 0. The van der Waals surface area contributed by atoms with E-state index < -0.39 is 0 Å². The van der Waals surface area contributed by atoms with Gasteiger partial charge in [-0.05, 0) is 60.7 Å². The Bertz CT molecular complexity index is 1100. The second-order valence-corrected chi connectivity index (χ2v) is 6.09. The Balaban J connectivity index is 1.92. The number of aryl methyl sites for hydroxylation is 1. The van der Waals surface area contributed by atoms with Crippen LogP contribution in [-0.2, 0) is 6.42 Å². The van der Waals surface area contributed by atoms with Gasteiger partial charge in [0.15, 0.2) is 5.43 Å². The summed E-state index contributed by atoms with van der Waals surface area (Å²) in [5.41, 5.74) is 5.11. The van der Waals surface area contributed by atoms with Crippen LogP contribution in [0.1, 0.15) is 34.4 Å². The molecule has 0 spiro atoms. The molecule has 0 unspecified atom stereocenters. The molecule has 3 aromatic rings. The maximum Gasteiger partial charge on any atom is 0.196 e. The highest BCUT2D eigenvalue weighted by Crippen LogP contribution is 2.34. The molecule has 0 aliphatic heterocycles. The summed E-state index contributed by atoms with van der Waals surface area (Å²) in [5.74, 6) is 0.695. The Kier molecular flexibility index (Phi) is 3.32. The summed E-state index contributed by atoms with van der Waals surface area (Å²) in [4.78, 5) is 12.8. The van der Waals surface area contributed by atoms with Crippen molar-refractivity contribution in [2.75, 3.05) is 0 Å². The summed E-state index contributed by atoms with van der Waals surface area (Å²) in [7, 11) is 0. The molecule has 0 amide bonds. The molecule has 24 heavy (non-hydrogen) atoms. The minimum Gasteiger partial charge on any atom is -0.456 e. The molecule has 116 valence electrons. The smallest absolute Gasteiger partial charge is 0.196 e. The van der Waals surface area contributed by atoms with Crippen LogP contribution in [0.15, 0.2) is 51.7 Å². The fraction of sp³-hybridized carbons (Fsp3) is 0.143. The van der Waals surface area contributed by atoms with Crippen molar-refractivity contribution in [2.45, 2.75) is 19.8 Å². The minimum absolute atomic E-state index is 0.0171. The quantitative estimate of drug-likeness (QED) is 0.666. The van der Waals surface area contributed by atoms with Gasteiger partial charge in [0.2, 0.25) is 0 Å². The van der Waals surface area contributed by atoms with Crippen LogP contribution in [0.3, 0.4) is 0 Å². The molecule has 3 heteroatoms. The van der Waals surface area contributed by atoms with E-state index in [1.54, 1.807) is 18.2 Å². The molecule has 0 atom stereocenters. The number of fused-ring (bicyclic) bond motifs is 2. The number of hydrogen-bond donors (Lipinski definition) is 0. The lowest BCUT2D eigenvalue weighted by atomic mass is 10.0. The maximum atomic E-state index is 12.8. The average Bonchev–Trinajstić information content (AvgIpc) is 3.00. The molecule has 0 fully saturated rings. The Hall–Kier alpha value is -3.12. The minimum atomic E-state index is -0.0171. The molecule has 0 N–H and O–H groups in total. The van der Waals surface area contributed by atoms with Crippen LogP contribution in [0, 0.1) is 18.3 Å². The van der Waals surface area contributed by atoms with Crippen LogP contribution >= 0.6 is 0 Å². The Morgan fingerprint density at radius 2 is 2.00 bits per heavy atom. The molecule has 1 heterocycles. The van der Waals surface area contributed by atoms with E-state index in [-0.39, 0.29) is 5.43 Å². The van der Waals surface area contributed by atoms with Crippen molar-refractivity contribution in [1.82, 2.24) is 0 Å². The molecule has 1 aliphatic rings. The van der Waals surface area contributed by atoms with Gasteiger partial charge in [0.05, 0.1) is 17.0 Å². The molecule has 0 radical (unpaired) electrons. The zero-order valence-corrected chi connectivity index (χ0v) is 13.3. The third-order valence-corrected chi connectivity index (χ3v) is 4.57. The molecule has 2 aromatic carbocycles. The lowest BCUT2D eigenvalue weighted by Gasteiger charge is -2.05. The lowest BCUT2D eigenvalue weighted by Crippen LogP contribution is -2.08. The highest BCUT2D eigenvalue weighted by Gasteiger charge is 2.24. The Morgan fingerprint density at radius 3 is 2.79 bits per heavy atom. The highest BCUT2D eigenvalue weighted by molar-refractivity contribution is 5.87. The summed E-state index contributed by atoms with van der Waals surface area (Å²) in [6.07, 6.45) is 3.59. The third kappa shape index (κ3) is 2.24. The fourth-order valence-corrected chi connectivity index (χ4v) is 3.24. The first kappa shape index (κ1) is 14.5. The molecule has 1 aliphatic carbocycles. The van der Waals surface area contributed by atoms with Gasteiger partial charge in [-0.15, -0.1) is 0 Å². The van der Waals surface area contributed by atoms with Gasteiger partial charge in [0.25, 0.3) is 0 Å². The third-order valence-electron chi connectivity index (χ3n) is 4.57. The van der Waals surface area contributed by atoms with Crippen LogP contribution in [0.4, 0.5) is 0 Å². The summed E-state index contributed by atoms with van der Waals surface area (Å²) in [6, 6.07) is 15.2. The van der Waals surface area contributed by atoms with Crippen molar-refractivity contribution < 1.29 is 4.42 Å². The topological polar surface area (TPSA) is 54.0 Å². The summed E-state index contributed by atoms with van der Waals surface area (Å²) in [6.45, 7) is 2.07. The van der Waals surface area contributed by atoms with Crippen molar-refractivity contribution in [2.24, 2.45) is 0 Å². The normalized spacial score (nSPS) is 14.8. The maximum absolute atomic E-state index is 12.8. The van der Waals surface area contributed by atoms with Crippen LogP contribution in [0.25, 0.3) is 22.6 Å². The van der Waals surface area contributed by atoms with Crippen LogP contribution < -0.4 is 5.43 Å². The monoisotopic (exact) mass is 313 g/mol. The SMILES string of the molecule is Cc1ccccc1/C=C1\CCc2c1oc1ccc(C#N)cc1c2=O. The molecule has 0 saturated carbocycles. The van der Waals surface area contributed by atoms with Crippen LogP contribution in [0.5, 0.6) is 0 Å². The second kappa shape index (κ2) is 5.50. The number of benzene rings is 2. The summed E-state index contributed by atoms with van der Waals surface area (Å²) < 4.78 is 6.03. The van der Waals surface area contributed by atoms with Gasteiger partial charge in [-0.25, -0.2) is 0 Å². The van der Waals surface area contributed by atoms with Gasteiger partial charge < -0.3 is 4.42 Å². The molecule has 3 nitrogen and oxygen atoms in total. The van der Waals surface area contributed by atoms with Gasteiger partial charge in [-0.1, -0.05) is 24.3 Å². The van der Waals surface area contributed by atoms with E-state index >= 15 is 0 Å². The van der Waals surface area contributed by atoms with Crippen molar-refractivity contribution in [1.29, 1.82) is 5.26 Å². The predicted molar refractivity (Wildman–Crippen MR) is 94.6 cm³/mol. The zero-order chi connectivity index (χ0) is 16.7. The van der Waals surface area contributed by atoms with Gasteiger partial charge in [-0.2, -0.15) is 5.26 Å².